The zero-order chi connectivity index (χ0) is 14.1. The van der Waals surface area contributed by atoms with Gasteiger partial charge in [-0.3, -0.25) is 0 Å². The topological polar surface area (TPSA) is 38.7 Å². The molecule has 0 aromatic heterocycles. The third-order valence-electron chi connectivity index (χ3n) is 2.84. The van der Waals surface area contributed by atoms with Crippen molar-refractivity contribution >= 4 is 0 Å². The Kier molecular flexibility index (Phi) is 7.34. The molecule has 0 radical (unpaired) electrons. The summed E-state index contributed by atoms with van der Waals surface area (Å²) in [5.74, 6) is 1.57. The highest BCUT2D eigenvalue weighted by Gasteiger charge is 2.08. The average molecular weight is 266 g/mol. The highest BCUT2D eigenvalue weighted by Crippen LogP contribution is 2.29. The van der Waals surface area contributed by atoms with E-state index in [0.29, 0.717) is 13.0 Å². The first-order valence-corrected chi connectivity index (χ1v) is 7.24. The Hall–Kier alpha value is -1.22. The van der Waals surface area contributed by atoms with Crippen molar-refractivity contribution in [3.8, 4) is 11.5 Å². The van der Waals surface area contributed by atoms with Gasteiger partial charge in [-0.2, -0.15) is 0 Å². The number of aliphatic hydroxyl groups is 1. The van der Waals surface area contributed by atoms with Gasteiger partial charge in [0, 0.05) is 0 Å². The van der Waals surface area contributed by atoms with Gasteiger partial charge < -0.3 is 14.6 Å². The summed E-state index contributed by atoms with van der Waals surface area (Å²) in [5, 5.41) is 9.42. The molecule has 0 aliphatic heterocycles. The largest absolute Gasteiger partial charge is 0.490 e. The lowest BCUT2D eigenvalue weighted by Crippen LogP contribution is -2.06. The number of ether oxygens (including phenoxy) is 2. The lowest BCUT2D eigenvalue weighted by molar-refractivity contribution is 0.195. The van der Waals surface area contributed by atoms with Crippen LogP contribution in [0.4, 0.5) is 0 Å². The van der Waals surface area contributed by atoms with E-state index in [2.05, 4.69) is 6.92 Å². The third kappa shape index (κ3) is 5.97. The number of rotatable bonds is 9. The predicted octanol–water partition coefficient (Wildman–Crippen LogP) is 3.58. The highest BCUT2D eigenvalue weighted by molar-refractivity contribution is 5.43. The molecule has 0 aliphatic rings. The summed E-state index contributed by atoms with van der Waals surface area (Å²) >= 11 is 0. The fourth-order valence-electron chi connectivity index (χ4n) is 1.94. The summed E-state index contributed by atoms with van der Waals surface area (Å²) in [7, 11) is 0. The van der Waals surface area contributed by atoms with Crippen molar-refractivity contribution in [2.75, 3.05) is 13.2 Å². The molecule has 1 aromatic carbocycles. The van der Waals surface area contributed by atoms with E-state index < -0.39 is 0 Å². The van der Waals surface area contributed by atoms with E-state index >= 15 is 0 Å². The maximum Gasteiger partial charge on any atom is 0.161 e. The van der Waals surface area contributed by atoms with Crippen LogP contribution in [-0.2, 0) is 6.42 Å². The summed E-state index contributed by atoms with van der Waals surface area (Å²) in [4.78, 5) is 0. The second kappa shape index (κ2) is 8.81. The monoisotopic (exact) mass is 266 g/mol. The Morgan fingerprint density at radius 2 is 1.89 bits per heavy atom. The molecule has 0 heterocycles. The Balaban J connectivity index is 2.67. The molecule has 19 heavy (non-hydrogen) atoms. The molecule has 0 fully saturated rings. The van der Waals surface area contributed by atoms with E-state index in [0.717, 1.165) is 30.1 Å². The van der Waals surface area contributed by atoms with Crippen molar-refractivity contribution < 1.29 is 14.6 Å². The Bertz CT molecular complexity index is 361. The summed E-state index contributed by atoms with van der Waals surface area (Å²) in [6, 6.07) is 5.89. The van der Waals surface area contributed by atoms with Crippen LogP contribution in [0.25, 0.3) is 0 Å². The molecule has 1 atom stereocenters. The second-order valence-corrected chi connectivity index (χ2v) is 4.82. The zero-order valence-corrected chi connectivity index (χ0v) is 12.3. The van der Waals surface area contributed by atoms with E-state index in [1.807, 2.05) is 25.1 Å². The zero-order valence-electron chi connectivity index (χ0n) is 12.3. The molecular formula is C16H26O3. The molecule has 1 N–H and O–H groups in total. The quantitative estimate of drug-likeness (QED) is 0.694. The van der Waals surface area contributed by atoms with E-state index in [-0.39, 0.29) is 6.10 Å². The predicted molar refractivity (Wildman–Crippen MR) is 78.0 cm³/mol. The molecule has 1 unspecified atom stereocenters. The molecule has 0 amide bonds. The molecule has 108 valence electrons. The number of benzene rings is 1. The molecule has 3 nitrogen and oxygen atoms in total. The van der Waals surface area contributed by atoms with Gasteiger partial charge in [-0.25, -0.2) is 0 Å². The standard InChI is InChI=1S/C16H26O3/c1-4-6-7-10-19-15-9-8-14(11-13(3)17)12-16(15)18-5-2/h8-9,12-13,17H,4-7,10-11H2,1-3H3. The maximum absolute atomic E-state index is 9.42. The van der Waals surface area contributed by atoms with Crippen LogP contribution in [0.5, 0.6) is 11.5 Å². The van der Waals surface area contributed by atoms with Crippen LogP contribution in [0.3, 0.4) is 0 Å². The van der Waals surface area contributed by atoms with Crippen molar-refractivity contribution in [1.29, 1.82) is 0 Å². The van der Waals surface area contributed by atoms with Crippen LogP contribution in [0, 0.1) is 0 Å². The van der Waals surface area contributed by atoms with Gasteiger partial charge in [-0.1, -0.05) is 25.8 Å². The first-order valence-electron chi connectivity index (χ1n) is 7.24. The van der Waals surface area contributed by atoms with Crippen LogP contribution in [0.15, 0.2) is 18.2 Å². The van der Waals surface area contributed by atoms with Gasteiger partial charge in [0.15, 0.2) is 11.5 Å². The molecule has 0 saturated heterocycles. The van der Waals surface area contributed by atoms with Gasteiger partial charge in [-0.15, -0.1) is 0 Å². The van der Waals surface area contributed by atoms with Crippen molar-refractivity contribution in [2.24, 2.45) is 0 Å². The van der Waals surface area contributed by atoms with Crippen LogP contribution >= 0.6 is 0 Å². The molecule has 1 rings (SSSR count). The molecule has 0 bridgehead atoms. The molecule has 3 heteroatoms. The Morgan fingerprint density at radius 3 is 2.53 bits per heavy atom. The fourth-order valence-corrected chi connectivity index (χ4v) is 1.94. The minimum Gasteiger partial charge on any atom is -0.490 e. The van der Waals surface area contributed by atoms with Crippen LogP contribution in [0.1, 0.15) is 45.6 Å². The summed E-state index contributed by atoms with van der Waals surface area (Å²) in [6.45, 7) is 7.27. The minimum absolute atomic E-state index is 0.342. The number of hydrogen-bond acceptors (Lipinski definition) is 3. The molecule has 0 aliphatic carbocycles. The van der Waals surface area contributed by atoms with Crippen molar-refractivity contribution in [3.05, 3.63) is 23.8 Å². The summed E-state index contributed by atoms with van der Waals surface area (Å²) in [5.41, 5.74) is 1.07. The van der Waals surface area contributed by atoms with Crippen molar-refractivity contribution in [3.63, 3.8) is 0 Å². The highest BCUT2D eigenvalue weighted by atomic mass is 16.5. The number of aliphatic hydroxyl groups excluding tert-OH is 1. The van der Waals surface area contributed by atoms with E-state index in [4.69, 9.17) is 9.47 Å². The van der Waals surface area contributed by atoms with E-state index in [9.17, 15) is 5.11 Å². The molecule has 0 saturated carbocycles. The van der Waals surface area contributed by atoms with Crippen LogP contribution < -0.4 is 9.47 Å². The SMILES string of the molecule is CCCCCOc1ccc(CC(C)O)cc1OCC. The van der Waals surface area contributed by atoms with Gasteiger partial charge >= 0.3 is 0 Å². The molecule has 1 aromatic rings. The second-order valence-electron chi connectivity index (χ2n) is 4.82. The van der Waals surface area contributed by atoms with Gasteiger partial charge in [0.05, 0.1) is 19.3 Å². The van der Waals surface area contributed by atoms with E-state index in [1.54, 1.807) is 6.92 Å². The number of unbranched alkanes of at least 4 members (excludes halogenated alkanes) is 2. The van der Waals surface area contributed by atoms with Crippen LogP contribution in [-0.4, -0.2) is 24.4 Å². The third-order valence-corrected chi connectivity index (χ3v) is 2.84. The van der Waals surface area contributed by atoms with Gasteiger partial charge in [0.25, 0.3) is 0 Å². The first kappa shape index (κ1) is 15.8. The smallest absolute Gasteiger partial charge is 0.161 e. The van der Waals surface area contributed by atoms with Gasteiger partial charge in [-0.05, 0) is 44.4 Å². The Labute approximate surface area is 116 Å². The lowest BCUT2D eigenvalue weighted by atomic mass is 10.1. The minimum atomic E-state index is -0.342. The van der Waals surface area contributed by atoms with Crippen molar-refractivity contribution in [2.45, 2.75) is 52.6 Å². The molecular weight excluding hydrogens is 240 g/mol. The summed E-state index contributed by atoms with van der Waals surface area (Å²) in [6.07, 6.45) is 3.73. The normalized spacial score (nSPS) is 12.2. The van der Waals surface area contributed by atoms with Gasteiger partial charge in [0.2, 0.25) is 0 Å². The fraction of sp³-hybridized carbons (Fsp3) is 0.625. The molecule has 0 spiro atoms. The van der Waals surface area contributed by atoms with Gasteiger partial charge in [0.1, 0.15) is 0 Å². The van der Waals surface area contributed by atoms with E-state index in [1.165, 1.54) is 12.8 Å². The summed E-state index contributed by atoms with van der Waals surface area (Å²) < 4.78 is 11.4. The average Bonchev–Trinajstić information content (AvgIpc) is 2.36. The maximum atomic E-state index is 9.42. The van der Waals surface area contributed by atoms with Crippen LogP contribution in [0.2, 0.25) is 0 Å². The first-order chi connectivity index (χ1) is 9.17. The number of hydrogen-bond donors (Lipinski definition) is 1. The Morgan fingerprint density at radius 1 is 1.11 bits per heavy atom. The lowest BCUT2D eigenvalue weighted by Gasteiger charge is -2.14. The van der Waals surface area contributed by atoms with Crippen molar-refractivity contribution in [1.82, 2.24) is 0 Å².